The highest BCUT2D eigenvalue weighted by molar-refractivity contribution is 5.93. The number of hydrogen-bond donors (Lipinski definition) is 2. The smallest absolute Gasteiger partial charge is 0.291 e. The molecule has 0 unspecified atom stereocenters. The molecule has 3 aromatic heterocycles. The minimum absolute atomic E-state index is 0.150. The zero-order chi connectivity index (χ0) is 18.4. The number of ether oxygens (including phenoxy) is 1. The molecule has 3 heterocycles. The lowest BCUT2D eigenvalue weighted by Crippen LogP contribution is -2.19. The molecule has 0 fully saturated rings. The maximum Gasteiger partial charge on any atom is 0.291 e. The number of aryl methyl sites for hydroxylation is 1. The largest absolute Gasteiger partial charge is 0.478 e. The van der Waals surface area contributed by atoms with Gasteiger partial charge in [0, 0.05) is 29.6 Å². The molecule has 2 N–H and O–H groups in total. The van der Waals surface area contributed by atoms with E-state index in [1.165, 1.54) is 12.4 Å². The quantitative estimate of drug-likeness (QED) is 0.516. The maximum absolute atomic E-state index is 12.2. The molecular weight excluding hydrogens is 334 g/mol. The van der Waals surface area contributed by atoms with Gasteiger partial charge in [0.1, 0.15) is 5.69 Å². The fourth-order valence-corrected chi connectivity index (χ4v) is 2.10. The lowest BCUT2D eigenvalue weighted by Gasteiger charge is -2.05. The number of pyridine rings is 1. The summed E-state index contributed by atoms with van der Waals surface area (Å²) in [7, 11) is 0. The Bertz CT molecular complexity index is 919. The summed E-state index contributed by atoms with van der Waals surface area (Å²) in [6.07, 6.45) is 7.75. The Kier molecular flexibility index (Phi) is 5.28. The second kappa shape index (κ2) is 7.97. The van der Waals surface area contributed by atoms with E-state index >= 15 is 0 Å². The van der Waals surface area contributed by atoms with E-state index in [1.54, 1.807) is 24.7 Å². The number of aromatic amines is 1. The highest BCUT2D eigenvalue weighted by Gasteiger charge is 2.10. The molecule has 0 bridgehead atoms. The molecule has 0 atom stereocenters. The van der Waals surface area contributed by atoms with Crippen LogP contribution in [0, 0.1) is 6.92 Å². The summed E-state index contributed by atoms with van der Waals surface area (Å²) in [5, 5.41) is 10.6. The van der Waals surface area contributed by atoms with E-state index in [4.69, 9.17) is 4.74 Å². The lowest BCUT2D eigenvalue weighted by atomic mass is 10.2. The Labute approximate surface area is 149 Å². The zero-order valence-corrected chi connectivity index (χ0v) is 14.3. The minimum atomic E-state index is -0.462. The first-order valence-corrected chi connectivity index (χ1v) is 7.92. The maximum atomic E-state index is 12.2. The van der Waals surface area contributed by atoms with Crippen LogP contribution in [0.15, 0.2) is 42.0 Å². The van der Waals surface area contributed by atoms with Gasteiger partial charge in [-0.15, -0.1) is 0 Å². The molecule has 9 heteroatoms. The molecule has 0 saturated carbocycles. The summed E-state index contributed by atoms with van der Waals surface area (Å²) in [5.74, 6) is 0.0672. The van der Waals surface area contributed by atoms with Crippen molar-refractivity contribution in [1.82, 2.24) is 30.6 Å². The van der Waals surface area contributed by atoms with Gasteiger partial charge in [0.2, 0.25) is 5.88 Å². The molecule has 9 nitrogen and oxygen atoms in total. The van der Waals surface area contributed by atoms with Gasteiger partial charge >= 0.3 is 0 Å². The van der Waals surface area contributed by atoms with Crippen LogP contribution >= 0.6 is 0 Å². The van der Waals surface area contributed by atoms with Crippen molar-refractivity contribution in [2.75, 3.05) is 6.61 Å². The lowest BCUT2D eigenvalue weighted by molar-refractivity contribution is 0.0950. The topological polar surface area (TPSA) is 118 Å². The van der Waals surface area contributed by atoms with Crippen LogP contribution in [-0.2, 0) is 0 Å². The normalized spacial score (nSPS) is 10.8. The molecule has 0 saturated heterocycles. The molecule has 0 aliphatic rings. The van der Waals surface area contributed by atoms with Gasteiger partial charge in [-0.1, -0.05) is 0 Å². The van der Waals surface area contributed by atoms with Gasteiger partial charge in [-0.25, -0.2) is 15.4 Å². The van der Waals surface area contributed by atoms with Crippen LogP contribution in [0.4, 0.5) is 0 Å². The van der Waals surface area contributed by atoms with Crippen LogP contribution < -0.4 is 10.2 Å². The van der Waals surface area contributed by atoms with Crippen LogP contribution in [0.25, 0.3) is 11.3 Å². The molecule has 0 aliphatic carbocycles. The van der Waals surface area contributed by atoms with Crippen molar-refractivity contribution in [3.63, 3.8) is 0 Å². The Balaban J connectivity index is 1.71. The second-order valence-corrected chi connectivity index (χ2v) is 5.23. The first-order valence-electron chi connectivity index (χ1n) is 7.92. The number of carbonyl (C=O) groups excluding carboxylic acids is 1. The van der Waals surface area contributed by atoms with Crippen molar-refractivity contribution in [2.24, 2.45) is 5.10 Å². The van der Waals surface area contributed by atoms with E-state index in [0.29, 0.717) is 18.2 Å². The summed E-state index contributed by atoms with van der Waals surface area (Å²) in [4.78, 5) is 24.7. The fourth-order valence-electron chi connectivity index (χ4n) is 2.10. The number of nitrogens with one attached hydrogen (secondary N) is 2. The average molecular weight is 351 g/mol. The third-order valence-electron chi connectivity index (χ3n) is 3.43. The third kappa shape index (κ3) is 4.07. The van der Waals surface area contributed by atoms with Crippen molar-refractivity contribution in [2.45, 2.75) is 13.8 Å². The zero-order valence-electron chi connectivity index (χ0n) is 14.3. The van der Waals surface area contributed by atoms with Gasteiger partial charge in [0.15, 0.2) is 0 Å². The number of aromatic nitrogens is 5. The van der Waals surface area contributed by atoms with Crippen molar-refractivity contribution >= 4 is 12.1 Å². The Hall–Kier alpha value is -3.62. The van der Waals surface area contributed by atoms with E-state index in [9.17, 15) is 4.79 Å². The molecule has 26 heavy (non-hydrogen) atoms. The molecular formula is C17H17N7O2. The Morgan fingerprint density at radius 3 is 2.92 bits per heavy atom. The van der Waals surface area contributed by atoms with Gasteiger partial charge in [-0.3, -0.25) is 14.9 Å². The highest BCUT2D eigenvalue weighted by atomic mass is 16.5. The van der Waals surface area contributed by atoms with Crippen LogP contribution in [0.5, 0.6) is 5.88 Å². The number of rotatable bonds is 6. The van der Waals surface area contributed by atoms with Gasteiger partial charge in [-0.05, 0) is 19.9 Å². The summed E-state index contributed by atoms with van der Waals surface area (Å²) in [6.45, 7) is 4.26. The predicted octanol–water partition coefficient (Wildman–Crippen LogP) is 1.73. The summed E-state index contributed by atoms with van der Waals surface area (Å²) in [6, 6.07) is 3.55. The van der Waals surface area contributed by atoms with Crippen LogP contribution in [0.1, 0.15) is 28.7 Å². The second-order valence-electron chi connectivity index (χ2n) is 5.23. The SMILES string of the molecule is CCOc1ccc(-c2cncc(C(=O)N/N=C/c3c[nH]nc3C)n2)cn1. The van der Waals surface area contributed by atoms with Crippen LogP contribution in [-0.4, -0.2) is 43.9 Å². The minimum Gasteiger partial charge on any atom is -0.478 e. The Morgan fingerprint density at radius 2 is 2.23 bits per heavy atom. The van der Waals surface area contributed by atoms with Crippen LogP contribution in [0.2, 0.25) is 0 Å². The first kappa shape index (κ1) is 17.2. The molecule has 0 aromatic carbocycles. The monoisotopic (exact) mass is 351 g/mol. The van der Waals surface area contributed by atoms with E-state index in [1.807, 2.05) is 19.9 Å². The first-order chi connectivity index (χ1) is 12.7. The average Bonchev–Trinajstić information content (AvgIpc) is 3.07. The molecule has 132 valence electrons. The van der Waals surface area contributed by atoms with Crippen LogP contribution in [0.3, 0.4) is 0 Å². The number of amides is 1. The van der Waals surface area contributed by atoms with E-state index < -0.39 is 5.91 Å². The molecule has 0 aliphatic heterocycles. The number of hydrazone groups is 1. The van der Waals surface area contributed by atoms with Gasteiger partial charge in [-0.2, -0.15) is 10.2 Å². The number of nitrogens with zero attached hydrogens (tertiary/aromatic N) is 5. The molecule has 3 aromatic rings. The third-order valence-corrected chi connectivity index (χ3v) is 3.43. The molecule has 1 amide bonds. The summed E-state index contributed by atoms with van der Waals surface area (Å²) in [5.41, 5.74) is 5.40. The fraction of sp³-hybridized carbons (Fsp3) is 0.176. The molecule has 3 rings (SSSR count). The standard InChI is InChI=1S/C17H17N7O2/c1-3-26-16-5-4-12(6-19-16)14-9-18-10-15(22-14)17(25)24-21-8-13-7-20-23-11(13)2/h4-10H,3H2,1-2H3,(H,20,23)(H,24,25)/b21-8+. The van der Waals surface area contributed by atoms with Crippen molar-refractivity contribution in [1.29, 1.82) is 0 Å². The highest BCUT2D eigenvalue weighted by Crippen LogP contribution is 2.17. The number of H-pyrrole nitrogens is 1. The predicted molar refractivity (Wildman–Crippen MR) is 94.8 cm³/mol. The van der Waals surface area contributed by atoms with E-state index in [2.05, 4.69) is 35.7 Å². The summed E-state index contributed by atoms with van der Waals surface area (Å²) >= 11 is 0. The van der Waals surface area contributed by atoms with Gasteiger partial charge < -0.3 is 4.74 Å². The van der Waals surface area contributed by atoms with Crippen molar-refractivity contribution in [3.05, 3.63) is 53.9 Å². The van der Waals surface area contributed by atoms with Gasteiger partial charge in [0.25, 0.3) is 5.91 Å². The number of hydrogen-bond acceptors (Lipinski definition) is 7. The van der Waals surface area contributed by atoms with Crippen molar-refractivity contribution < 1.29 is 9.53 Å². The number of carbonyl (C=O) groups is 1. The van der Waals surface area contributed by atoms with Crippen molar-refractivity contribution in [3.8, 4) is 17.1 Å². The summed E-state index contributed by atoms with van der Waals surface area (Å²) < 4.78 is 5.31. The van der Waals surface area contributed by atoms with E-state index in [-0.39, 0.29) is 5.69 Å². The van der Waals surface area contributed by atoms with Gasteiger partial charge in [0.05, 0.1) is 36.6 Å². The molecule has 0 radical (unpaired) electrons. The van der Waals surface area contributed by atoms with E-state index in [0.717, 1.165) is 16.8 Å². The Morgan fingerprint density at radius 1 is 1.35 bits per heavy atom. The molecule has 0 spiro atoms.